The first-order chi connectivity index (χ1) is 14.1. The van der Waals surface area contributed by atoms with Crippen LogP contribution in [0.25, 0.3) is 10.8 Å². The number of rotatable bonds is 6. The molecular formula is C22H25N3O4. The van der Waals surface area contributed by atoms with Crippen molar-refractivity contribution < 1.29 is 18.8 Å². The Morgan fingerprint density at radius 2 is 1.97 bits per heavy atom. The quantitative estimate of drug-likeness (QED) is 0.639. The number of benzene rings is 2. The van der Waals surface area contributed by atoms with Crippen LogP contribution in [0, 0.1) is 0 Å². The first-order valence-electron chi connectivity index (χ1n) is 9.66. The summed E-state index contributed by atoms with van der Waals surface area (Å²) >= 11 is 0. The molecule has 7 heteroatoms. The van der Waals surface area contributed by atoms with E-state index >= 15 is 0 Å². The Bertz CT molecular complexity index is 1020. The van der Waals surface area contributed by atoms with Crippen molar-refractivity contribution >= 4 is 16.7 Å². The molecule has 1 aliphatic rings. The lowest BCUT2D eigenvalue weighted by Crippen LogP contribution is -2.38. The fourth-order valence-electron chi connectivity index (χ4n) is 3.75. The molecule has 0 spiro atoms. The van der Waals surface area contributed by atoms with E-state index < -0.39 is 0 Å². The van der Waals surface area contributed by atoms with Gasteiger partial charge in [-0.3, -0.25) is 4.79 Å². The fourth-order valence-corrected chi connectivity index (χ4v) is 3.75. The Morgan fingerprint density at radius 3 is 2.66 bits per heavy atom. The maximum Gasteiger partial charge on any atom is 0.276 e. The van der Waals surface area contributed by atoms with Crippen LogP contribution in [0.15, 0.2) is 47.0 Å². The zero-order chi connectivity index (χ0) is 20.4. The van der Waals surface area contributed by atoms with E-state index in [1.807, 2.05) is 43.4 Å². The van der Waals surface area contributed by atoms with Crippen molar-refractivity contribution in [1.82, 2.24) is 15.0 Å². The number of methoxy groups -OCH3 is 1. The number of amides is 1. The van der Waals surface area contributed by atoms with Gasteiger partial charge in [0.05, 0.1) is 7.11 Å². The minimum Gasteiger partial charge on any atom is -0.496 e. The smallest absolute Gasteiger partial charge is 0.276 e. The zero-order valence-electron chi connectivity index (χ0n) is 16.9. The monoisotopic (exact) mass is 395 g/mol. The summed E-state index contributed by atoms with van der Waals surface area (Å²) in [6, 6.07) is 13.5. The molecule has 1 amide bonds. The molecule has 1 aliphatic heterocycles. The van der Waals surface area contributed by atoms with Crippen LogP contribution in [0.1, 0.15) is 22.7 Å². The van der Waals surface area contributed by atoms with Crippen molar-refractivity contribution in [1.29, 1.82) is 0 Å². The molecule has 1 aromatic heterocycles. The first-order valence-corrected chi connectivity index (χ1v) is 9.66. The second-order valence-electron chi connectivity index (χ2n) is 7.40. The average Bonchev–Trinajstić information content (AvgIpc) is 3.40. The summed E-state index contributed by atoms with van der Waals surface area (Å²) in [5.41, 5.74) is 0.306. The molecule has 2 heterocycles. The highest BCUT2D eigenvalue weighted by Crippen LogP contribution is 2.33. The number of carbonyl (C=O) groups excluding carboxylic acids is 1. The van der Waals surface area contributed by atoms with Gasteiger partial charge < -0.3 is 23.8 Å². The van der Waals surface area contributed by atoms with Gasteiger partial charge in [0.15, 0.2) is 11.5 Å². The minimum absolute atomic E-state index is 0.129. The zero-order valence-corrected chi connectivity index (χ0v) is 16.9. The summed E-state index contributed by atoms with van der Waals surface area (Å²) in [6.07, 6.45) is 0.969. The van der Waals surface area contributed by atoms with E-state index in [0.717, 1.165) is 41.8 Å². The summed E-state index contributed by atoms with van der Waals surface area (Å²) in [4.78, 5) is 16.7. The maximum atomic E-state index is 12.7. The number of fused-ring (bicyclic) bond motifs is 1. The number of likely N-dealkylation sites (tertiary alicyclic amines) is 1. The summed E-state index contributed by atoms with van der Waals surface area (Å²) in [5, 5.41) is 5.88. The van der Waals surface area contributed by atoms with Gasteiger partial charge in [-0.05, 0) is 32.1 Å². The van der Waals surface area contributed by atoms with Crippen molar-refractivity contribution in [2.45, 2.75) is 19.1 Å². The van der Waals surface area contributed by atoms with Crippen molar-refractivity contribution in [3.63, 3.8) is 0 Å². The molecule has 0 bridgehead atoms. The Morgan fingerprint density at radius 1 is 1.24 bits per heavy atom. The molecule has 0 aliphatic carbocycles. The van der Waals surface area contributed by atoms with Gasteiger partial charge in [-0.15, -0.1) is 0 Å². The largest absolute Gasteiger partial charge is 0.496 e. The van der Waals surface area contributed by atoms with Crippen LogP contribution in [0.2, 0.25) is 0 Å². The highest BCUT2D eigenvalue weighted by Gasteiger charge is 2.28. The van der Waals surface area contributed by atoms with Gasteiger partial charge in [-0.25, -0.2) is 0 Å². The summed E-state index contributed by atoms with van der Waals surface area (Å²) < 4.78 is 16.7. The normalized spacial score (nSPS) is 16.9. The van der Waals surface area contributed by atoms with E-state index in [4.69, 9.17) is 14.0 Å². The first kappa shape index (κ1) is 19.3. The number of aromatic nitrogens is 1. The number of hydrogen-bond donors (Lipinski definition) is 0. The second-order valence-corrected chi connectivity index (χ2v) is 7.40. The molecule has 0 radical (unpaired) electrons. The van der Waals surface area contributed by atoms with Crippen LogP contribution in [0.5, 0.6) is 11.5 Å². The molecule has 152 valence electrons. The third-order valence-corrected chi connectivity index (χ3v) is 5.45. The Labute approximate surface area is 169 Å². The molecule has 1 atom stereocenters. The van der Waals surface area contributed by atoms with Gasteiger partial charge in [0, 0.05) is 36.5 Å². The fraction of sp³-hybridized carbons (Fsp3) is 0.364. The summed E-state index contributed by atoms with van der Waals surface area (Å²) in [6.45, 7) is 2.06. The Kier molecular flexibility index (Phi) is 5.40. The van der Waals surface area contributed by atoms with E-state index in [-0.39, 0.29) is 18.6 Å². The molecule has 29 heavy (non-hydrogen) atoms. The van der Waals surface area contributed by atoms with Gasteiger partial charge in [0.1, 0.15) is 18.1 Å². The lowest BCUT2D eigenvalue weighted by atomic mass is 10.1. The predicted octanol–water partition coefficient (Wildman–Crippen LogP) is 3.19. The van der Waals surface area contributed by atoms with Crippen molar-refractivity contribution in [3.8, 4) is 11.5 Å². The topological polar surface area (TPSA) is 68.0 Å². The Balaban J connectivity index is 1.45. The summed E-state index contributed by atoms with van der Waals surface area (Å²) in [7, 11) is 5.53. The third-order valence-electron chi connectivity index (χ3n) is 5.45. The van der Waals surface area contributed by atoms with Crippen molar-refractivity contribution in [2.75, 3.05) is 34.3 Å². The van der Waals surface area contributed by atoms with E-state index in [1.54, 1.807) is 18.1 Å². The van der Waals surface area contributed by atoms with E-state index in [9.17, 15) is 4.79 Å². The second kappa shape index (κ2) is 8.13. The molecule has 2 aromatic carbocycles. The standard InChI is InChI=1S/C22H25N3O4/c1-24-11-10-15(13-24)25(2)22(26)19-12-16(29-23-19)14-28-21-9-8-20(27-3)17-6-4-5-7-18(17)21/h4-9,12,15H,10-11,13-14H2,1-3H3/t15-/m1/s1. The molecule has 4 rings (SSSR count). The molecule has 0 N–H and O–H groups in total. The number of likely N-dealkylation sites (N-methyl/N-ethyl adjacent to an activating group) is 2. The van der Waals surface area contributed by atoms with Crippen LogP contribution < -0.4 is 9.47 Å². The summed E-state index contributed by atoms with van der Waals surface area (Å²) in [5.74, 6) is 1.89. The van der Waals surface area contributed by atoms with Crippen LogP contribution >= 0.6 is 0 Å². The van der Waals surface area contributed by atoms with Gasteiger partial charge in [0.25, 0.3) is 5.91 Å². The van der Waals surface area contributed by atoms with Crippen LogP contribution in [-0.2, 0) is 6.61 Å². The van der Waals surface area contributed by atoms with Gasteiger partial charge in [-0.1, -0.05) is 29.4 Å². The van der Waals surface area contributed by atoms with Crippen molar-refractivity contribution in [3.05, 3.63) is 53.9 Å². The van der Waals surface area contributed by atoms with E-state index in [2.05, 4.69) is 17.1 Å². The predicted molar refractivity (Wildman–Crippen MR) is 109 cm³/mol. The molecule has 1 saturated heterocycles. The van der Waals surface area contributed by atoms with Crippen LogP contribution in [0.3, 0.4) is 0 Å². The van der Waals surface area contributed by atoms with Gasteiger partial charge >= 0.3 is 0 Å². The highest BCUT2D eigenvalue weighted by molar-refractivity contribution is 5.93. The maximum absolute atomic E-state index is 12.7. The van der Waals surface area contributed by atoms with E-state index in [1.165, 1.54) is 0 Å². The molecule has 0 saturated carbocycles. The van der Waals surface area contributed by atoms with E-state index in [0.29, 0.717) is 11.5 Å². The minimum atomic E-state index is -0.129. The number of ether oxygens (including phenoxy) is 2. The number of hydrogen-bond acceptors (Lipinski definition) is 6. The van der Waals surface area contributed by atoms with Crippen LogP contribution in [-0.4, -0.2) is 61.2 Å². The lowest BCUT2D eigenvalue weighted by Gasteiger charge is -2.23. The van der Waals surface area contributed by atoms with Gasteiger partial charge in [-0.2, -0.15) is 0 Å². The highest BCUT2D eigenvalue weighted by atomic mass is 16.5. The SMILES string of the molecule is COc1ccc(OCc2cc(C(=O)N(C)[C@@H]3CCN(C)C3)no2)c2ccccc12. The molecule has 3 aromatic rings. The number of carbonyl (C=O) groups is 1. The van der Waals surface area contributed by atoms with Gasteiger partial charge in [0.2, 0.25) is 0 Å². The van der Waals surface area contributed by atoms with Crippen LogP contribution in [0.4, 0.5) is 0 Å². The molecular weight excluding hydrogens is 370 g/mol. The number of nitrogens with zero attached hydrogens (tertiary/aromatic N) is 3. The molecule has 7 nitrogen and oxygen atoms in total. The Hall–Kier alpha value is -3.06. The lowest BCUT2D eigenvalue weighted by molar-refractivity contribution is 0.0727. The van der Waals surface area contributed by atoms with Crippen molar-refractivity contribution in [2.24, 2.45) is 0 Å². The average molecular weight is 395 g/mol. The third kappa shape index (κ3) is 3.91. The molecule has 0 unspecified atom stereocenters. The molecule has 1 fully saturated rings.